The van der Waals surface area contributed by atoms with Gasteiger partial charge in [0.15, 0.2) is 17.3 Å². The van der Waals surface area contributed by atoms with Gasteiger partial charge in [-0.25, -0.2) is 9.18 Å². The first-order chi connectivity index (χ1) is 8.54. The third kappa shape index (κ3) is 2.17. The Hall–Kier alpha value is -1.64. The second-order valence-electron chi connectivity index (χ2n) is 3.74. The first-order valence-corrected chi connectivity index (χ1v) is 5.42. The predicted octanol–water partition coefficient (Wildman–Crippen LogP) is -0.841. The van der Waals surface area contributed by atoms with Crippen molar-refractivity contribution in [3.8, 4) is 11.5 Å². The maximum absolute atomic E-state index is 13.4. The summed E-state index contributed by atoms with van der Waals surface area (Å²) in [5.41, 5.74) is -0.1000. The highest BCUT2D eigenvalue weighted by Crippen LogP contribution is 2.36. The Labute approximate surface area is 103 Å². The van der Waals surface area contributed by atoms with E-state index in [2.05, 4.69) is 0 Å². The molecule has 8 heteroatoms. The Bertz CT molecular complexity index is 484. The lowest BCUT2D eigenvalue weighted by atomic mass is 9.91. The van der Waals surface area contributed by atoms with Crippen LogP contribution in [0.2, 0.25) is 0 Å². The van der Waals surface area contributed by atoms with Crippen molar-refractivity contribution in [1.29, 1.82) is 0 Å². The van der Waals surface area contributed by atoms with E-state index < -0.39 is 23.9 Å². The smallest absolute Gasteiger partial charge is 0.563 e. The van der Waals surface area contributed by atoms with Crippen LogP contribution in [-0.2, 0) is 0 Å². The van der Waals surface area contributed by atoms with Gasteiger partial charge in [-0.2, -0.15) is 0 Å². The Morgan fingerprint density at radius 1 is 1.61 bits per heavy atom. The van der Waals surface area contributed by atoms with E-state index in [1.165, 1.54) is 0 Å². The fraction of sp³-hybridized carbons (Fsp3) is 0.300. The van der Waals surface area contributed by atoms with Gasteiger partial charge in [0, 0.05) is 0 Å². The normalized spacial score (nSPS) is 15.4. The van der Waals surface area contributed by atoms with Crippen LogP contribution in [0.4, 0.5) is 4.39 Å². The van der Waals surface area contributed by atoms with E-state index >= 15 is 0 Å². The van der Waals surface area contributed by atoms with Crippen molar-refractivity contribution >= 4 is 13.0 Å². The van der Waals surface area contributed by atoms with Crippen LogP contribution >= 0.6 is 0 Å². The number of fused-ring (bicyclic) bond motifs is 1. The molecule has 0 aromatic heterocycles. The maximum atomic E-state index is 13.4. The highest BCUT2D eigenvalue weighted by Gasteiger charge is 2.33. The van der Waals surface area contributed by atoms with Gasteiger partial charge in [-0.1, -0.05) is 0 Å². The molecule has 1 aliphatic heterocycles. The number of rotatable bonds is 2. The van der Waals surface area contributed by atoms with Crippen LogP contribution in [0.5, 0.6) is 11.5 Å². The summed E-state index contributed by atoms with van der Waals surface area (Å²) < 4.78 is 23.4. The molecular weight excluding hydrogens is 244 g/mol. The van der Waals surface area contributed by atoms with Crippen LogP contribution in [0.1, 0.15) is 17.3 Å². The van der Waals surface area contributed by atoms with Gasteiger partial charge in [0.05, 0.1) is 6.54 Å². The van der Waals surface area contributed by atoms with E-state index in [0.717, 1.165) is 12.1 Å². The van der Waals surface area contributed by atoms with E-state index in [1.54, 1.807) is 6.92 Å². The first-order valence-electron chi connectivity index (χ1n) is 5.42. The molecule has 2 rings (SSSR count). The van der Waals surface area contributed by atoms with Crippen molar-refractivity contribution in [2.45, 2.75) is 6.92 Å². The third-order valence-corrected chi connectivity index (χ3v) is 2.51. The molecule has 0 saturated carbocycles. The van der Waals surface area contributed by atoms with Crippen molar-refractivity contribution in [2.75, 3.05) is 13.1 Å². The molecule has 1 unspecified atom stereocenters. The van der Waals surface area contributed by atoms with Gasteiger partial charge >= 0.3 is 13.0 Å². The molecule has 6 nitrogen and oxygen atoms in total. The lowest BCUT2D eigenvalue weighted by Gasteiger charge is -2.24. The molecule has 2 N–H and O–H groups in total. The summed E-state index contributed by atoms with van der Waals surface area (Å²) >= 11 is 0. The minimum absolute atomic E-state index is 0.0361. The second kappa shape index (κ2) is 4.93. The molecule has 0 radical (unpaired) electrons. The van der Waals surface area contributed by atoms with Crippen molar-refractivity contribution < 1.29 is 28.7 Å². The molecule has 1 aliphatic rings. The SMILES string of the molecule is CC[NH+]([O-])C(=O)c1ccc(F)c2c1OB(O)CO2. The highest BCUT2D eigenvalue weighted by molar-refractivity contribution is 6.44. The standard InChI is InChI=1S/C10H11BFNO5/c1-2-13(16)10(14)6-3-4-7(12)9-8(6)18-11(15)5-17-9/h3-4,13,15H,2,5H2,1H3. The summed E-state index contributed by atoms with van der Waals surface area (Å²) in [6, 6.07) is 2.17. The number of hydrogen-bond acceptors (Lipinski definition) is 5. The lowest BCUT2D eigenvalue weighted by molar-refractivity contribution is -0.755. The number of nitrogens with one attached hydrogen (secondary N) is 1. The van der Waals surface area contributed by atoms with Crippen molar-refractivity contribution in [2.24, 2.45) is 0 Å². The average molecular weight is 255 g/mol. The quantitative estimate of drug-likeness (QED) is 0.531. The predicted molar refractivity (Wildman–Crippen MR) is 59.7 cm³/mol. The number of benzene rings is 1. The molecule has 0 saturated heterocycles. The zero-order valence-electron chi connectivity index (χ0n) is 9.60. The van der Waals surface area contributed by atoms with Crippen LogP contribution in [0.3, 0.4) is 0 Å². The van der Waals surface area contributed by atoms with Crippen LogP contribution in [0.15, 0.2) is 12.1 Å². The summed E-state index contributed by atoms with van der Waals surface area (Å²) in [6.07, 6.45) is 0. The number of ether oxygens (including phenoxy) is 1. The molecular formula is C10H11BFNO5. The zero-order valence-corrected chi connectivity index (χ0v) is 9.60. The number of amides is 1. The number of hydroxylamine groups is 2. The Morgan fingerprint density at radius 3 is 3.00 bits per heavy atom. The maximum Gasteiger partial charge on any atom is 0.563 e. The van der Waals surface area contributed by atoms with Crippen LogP contribution in [0.25, 0.3) is 0 Å². The number of hydrogen-bond donors (Lipinski definition) is 2. The molecule has 1 atom stereocenters. The van der Waals surface area contributed by atoms with Crippen LogP contribution in [-0.4, -0.2) is 31.1 Å². The van der Waals surface area contributed by atoms with Crippen LogP contribution < -0.4 is 14.5 Å². The summed E-state index contributed by atoms with van der Waals surface area (Å²) in [5, 5.41) is 20.0. The van der Waals surface area contributed by atoms with Gasteiger partial charge in [0.1, 0.15) is 12.1 Å². The molecule has 1 amide bonds. The summed E-state index contributed by atoms with van der Waals surface area (Å²) in [4.78, 5) is 11.8. The van der Waals surface area contributed by atoms with Gasteiger partial charge in [-0.3, -0.25) is 0 Å². The van der Waals surface area contributed by atoms with Crippen LogP contribution in [0, 0.1) is 11.0 Å². The monoisotopic (exact) mass is 255 g/mol. The van der Waals surface area contributed by atoms with Gasteiger partial charge in [-0.05, 0) is 19.1 Å². The average Bonchev–Trinajstić information content (AvgIpc) is 2.37. The fourth-order valence-corrected chi connectivity index (χ4v) is 1.60. The molecule has 0 bridgehead atoms. The molecule has 0 spiro atoms. The zero-order chi connectivity index (χ0) is 13.3. The van der Waals surface area contributed by atoms with Gasteiger partial charge in [0.25, 0.3) is 0 Å². The Morgan fingerprint density at radius 2 is 2.33 bits per heavy atom. The second-order valence-corrected chi connectivity index (χ2v) is 3.74. The molecule has 1 heterocycles. The Kier molecular flexibility index (Phi) is 3.51. The van der Waals surface area contributed by atoms with E-state index in [9.17, 15) is 19.4 Å². The Balaban J connectivity index is 2.46. The minimum atomic E-state index is -1.29. The number of carbonyl (C=O) groups is 1. The van der Waals surface area contributed by atoms with E-state index in [0.29, 0.717) is 0 Å². The molecule has 0 fully saturated rings. The molecule has 1 aromatic carbocycles. The third-order valence-electron chi connectivity index (χ3n) is 2.51. The topological polar surface area (TPSA) is 83.3 Å². The minimum Gasteiger partial charge on any atom is -0.626 e. The summed E-state index contributed by atoms with van der Waals surface area (Å²) in [6.45, 7) is 1.35. The molecule has 0 aliphatic carbocycles. The first kappa shape index (κ1) is 12.8. The largest absolute Gasteiger partial charge is 0.626 e. The molecule has 1 aromatic rings. The fourth-order valence-electron chi connectivity index (χ4n) is 1.60. The molecule has 96 valence electrons. The van der Waals surface area contributed by atoms with E-state index in [-0.39, 0.29) is 30.1 Å². The molecule has 18 heavy (non-hydrogen) atoms. The summed E-state index contributed by atoms with van der Waals surface area (Å²) in [7, 11) is -1.29. The van der Waals surface area contributed by atoms with Crippen molar-refractivity contribution in [3.05, 3.63) is 28.7 Å². The van der Waals surface area contributed by atoms with Crippen molar-refractivity contribution in [1.82, 2.24) is 0 Å². The van der Waals surface area contributed by atoms with Crippen molar-refractivity contribution in [3.63, 3.8) is 0 Å². The van der Waals surface area contributed by atoms with Gasteiger partial charge in [0.2, 0.25) is 0 Å². The highest BCUT2D eigenvalue weighted by atomic mass is 19.1. The van der Waals surface area contributed by atoms with Gasteiger partial charge < -0.3 is 24.7 Å². The number of halogens is 1. The van der Waals surface area contributed by atoms with E-state index in [4.69, 9.17) is 9.39 Å². The lowest BCUT2D eigenvalue weighted by Crippen LogP contribution is -3.09. The van der Waals surface area contributed by atoms with E-state index in [1.807, 2.05) is 0 Å². The number of quaternary nitrogens is 1. The summed E-state index contributed by atoms with van der Waals surface area (Å²) in [5.74, 6) is -1.97. The number of carbonyl (C=O) groups excluding carboxylic acids is 1. The van der Waals surface area contributed by atoms with Gasteiger partial charge in [-0.15, -0.1) is 0 Å².